The van der Waals surface area contributed by atoms with Crippen LogP contribution in [0, 0.1) is 13.8 Å². The molecule has 2 aromatic heterocycles. The van der Waals surface area contributed by atoms with E-state index in [1.165, 1.54) is 6.07 Å². The Kier molecular flexibility index (Phi) is 4.42. The van der Waals surface area contributed by atoms with Crippen molar-refractivity contribution in [1.29, 1.82) is 0 Å². The number of hydrogen-bond acceptors (Lipinski definition) is 6. The number of nitrogens with one attached hydrogen (secondary N) is 1. The van der Waals surface area contributed by atoms with E-state index in [-0.39, 0.29) is 11.9 Å². The number of hydrogen-bond donors (Lipinski definition) is 2. The molecule has 21 heavy (non-hydrogen) atoms. The van der Waals surface area contributed by atoms with Crippen molar-refractivity contribution in [1.82, 2.24) is 20.2 Å². The Bertz CT molecular complexity index is 671. The summed E-state index contributed by atoms with van der Waals surface area (Å²) in [6, 6.07) is 3.26. The van der Waals surface area contributed by atoms with Gasteiger partial charge in [0.05, 0.1) is 11.4 Å². The predicted molar refractivity (Wildman–Crippen MR) is 79.9 cm³/mol. The summed E-state index contributed by atoms with van der Waals surface area (Å²) in [4.78, 5) is 20.6. The van der Waals surface area contributed by atoms with Gasteiger partial charge in [-0.05, 0) is 32.4 Å². The summed E-state index contributed by atoms with van der Waals surface area (Å²) >= 11 is 0. The van der Waals surface area contributed by atoms with Gasteiger partial charge in [-0.1, -0.05) is 13.3 Å². The van der Waals surface area contributed by atoms with Crippen molar-refractivity contribution in [3.8, 4) is 0 Å². The molecule has 0 aliphatic carbocycles. The number of aromatic nitrogens is 4. The zero-order valence-corrected chi connectivity index (χ0v) is 12.3. The average molecular weight is 286 g/mol. The number of aryl methyl sites for hydroxylation is 3. The van der Waals surface area contributed by atoms with Crippen LogP contribution in [0.1, 0.15) is 40.8 Å². The highest BCUT2D eigenvalue weighted by Gasteiger charge is 2.11. The molecule has 0 atom stereocenters. The molecule has 0 aliphatic heterocycles. The van der Waals surface area contributed by atoms with E-state index in [1.807, 2.05) is 20.8 Å². The summed E-state index contributed by atoms with van der Waals surface area (Å²) in [7, 11) is 0. The van der Waals surface area contributed by atoms with Gasteiger partial charge in [0, 0.05) is 11.3 Å². The first kappa shape index (κ1) is 14.8. The predicted octanol–water partition coefficient (Wildman–Crippen LogP) is 1.67. The van der Waals surface area contributed by atoms with E-state index < -0.39 is 0 Å². The summed E-state index contributed by atoms with van der Waals surface area (Å²) in [5.41, 5.74) is 8.41. The normalized spacial score (nSPS) is 10.4. The van der Waals surface area contributed by atoms with Crippen LogP contribution < -0.4 is 11.1 Å². The molecular formula is C14H18N6O. The molecule has 1 amide bonds. The summed E-state index contributed by atoms with van der Waals surface area (Å²) in [5.74, 6) is 0.173. The molecule has 0 radical (unpaired) electrons. The standard InChI is InChI=1S/C14H18N6O/c1-4-5-11-6-10(7-12(15)17-11)13(21)18-14-16-8(2)9(3)19-20-14/h6-7H,4-5H2,1-3H3,(H2,15,17)(H,16,18,20,21). The number of nitrogens with two attached hydrogens (primary N) is 1. The number of rotatable bonds is 4. The van der Waals surface area contributed by atoms with Crippen LogP contribution in [0.15, 0.2) is 12.1 Å². The van der Waals surface area contributed by atoms with Crippen LogP contribution in [-0.2, 0) is 6.42 Å². The van der Waals surface area contributed by atoms with Gasteiger partial charge in [0.1, 0.15) is 5.82 Å². The third-order valence-electron chi connectivity index (χ3n) is 2.98. The number of anilines is 2. The highest BCUT2D eigenvalue weighted by molar-refractivity contribution is 6.03. The number of nitrogen functional groups attached to an aromatic ring is 1. The lowest BCUT2D eigenvalue weighted by atomic mass is 10.1. The molecule has 0 aromatic carbocycles. The number of amides is 1. The number of nitrogens with zero attached hydrogens (tertiary/aromatic N) is 4. The van der Waals surface area contributed by atoms with Gasteiger partial charge in [-0.3, -0.25) is 10.1 Å². The van der Waals surface area contributed by atoms with E-state index >= 15 is 0 Å². The SMILES string of the molecule is CCCc1cc(C(=O)Nc2nnc(C)c(C)n2)cc(N)n1. The fourth-order valence-corrected chi connectivity index (χ4v) is 1.81. The van der Waals surface area contributed by atoms with Gasteiger partial charge in [0.25, 0.3) is 5.91 Å². The van der Waals surface area contributed by atoms with Crippen LogP contribution >= 0.6 is 0 Å². The average Bonchev–Trinajstić information content (AvgIpc) is 2.42. The van der Waals surface area contributed by atoms with E-state index in [1.54, 1.807) is 6.07 Å². The number of carbonyl (C=O) groups is 1. The molecule has 0 spiro atoms. The molecule has 3 N–H and O–H groups in total. The van der Waals surface area contributed by atoms with Crippen LogP contribution in [0.2, 0.25) is 0 Å². The Morgan fingerprint density at radius 1 is 1.19 bits per heavy atom. The van der Waals surface area contributed by atoms with Gasteiger partial charge in [-0.2, -0.15) is 5.10 Å². The van der Waals surface area contributed by atoms with Gasteiger partial charge in [-0.15, -0.1) is 5.10 Å². The van der Waals surface area contributed by atoms with Gasteiger partial charge in [0.2, 0.25) is 5.95 Å². The minimum Gasteiger partial charge on any atom is -0.384 e. The first-order valence-corrected chi connectivity index (χ1v) is 6.75. The zero-order valence-electron chi connectivity index (χ0n) is 12.3. The highest BCUT2D eigenvalue weighted by Crippen LogP contribution is 2.11. The summed E-state index contributed by atoms with van der Waals surface area (Å²) in [6.07, 6.45) is 1.70. The Hall–Kier alpha value is -2.57. The lowest BCUT2D eigenvalue weighted by Gasteiger charge is -2.07. The van der Waals surface area contributed by atoms with Crippen molar-refractivity contribution < 1.29 is 4.79 Å². The van der Waals surface area contributed by atoms with Crippen LogP contribution in [0.4, 0.5) is 11.8 Å². The summed E-state index contributed by atoms with van der Waals surface area (Å²) < 4.78 is 0. The van der Waals surface area contributed by atoms with Crippen molar-refractivity contribution in [3.05, 3.63) is 34.8 Å². The smallest absolute Gasteiger partial charge is 0.258 e. The summed E-state index contributed by atoms with van der Waals surface area (Å²) in [6.45, 7) is 5.66. The van der Waals surface area contributed by atoms with Crippen molar-refractivity contribution in [3.63, 3.8) is 0 Å². The Balaban J connectivity index is 2.21. The minimum absolute atomic E-state index is 0.176. The quantitative estimate of drug-likeness (QED) is 0.885. The van der Waals surface area contributed by atoms with Crippen molar-refractivity contribution >= 4 is 17.7 Å². The first-order chi connectivity index (χ1) is 9.99. The van der Waals surface area contributed by atoms with Crippen LogP contribution in [0.25, 0.3) is 0 Å². The molecule has 0 fully saturated rings. The van der Waals surface area contributed by atoms with E-state index in [0.29, 0.717) is 11.4 Å². The largest absolute Gasteiger partial charge is 0.384 e. The second kappa shape index (κ2) is 6.25. The molecule has 2 heterocycles. The fraction of sp³-hybridized carbons (Fsp3) is 0.357. The molecule has 0 aliphatic rings. The molecule has 2 rings (SSSR count). The molecule has 0 unspecified atom stereocenters. The molecule has 7 heteroatoms. The molecule has 110 valence electrons. The highest BCUT2D eigenvalue weighted by atomic mass is 16.1. The number of pyridine rings is 1. The van der Waals surface area contributed by atoms with Gasteiger partial charge in [-0.25, -0.2) is 9.97 Å². The molecule has 0 saturated heterocycles. The van der Waals surface area contributed by atoms with Crippen LogP contribution in [0.3, 0.4) is 0 Å². The Labute approximate surface area is 123 Å². The molecular weight excluding hydrogens is 268 g/mol. The number of carbonyl (C=O) groups excluding carboxylic acids is 1. The third kappa shape index (κ3) is 3.71. The van der Waals surface area contributed by atoms with Gasteiger partial charge in [0.15, 0.2) is 0 Å². The van der Waals surface area contributed by atoms with Crippen LogP contribution in [-0.4, -0.2) is 26.1 Å². The maximum absolute atomic E-state index is 12.2. The van der Waals surface area contributed by atoms with E-state index in [0.717, 1.165) is 29.9 Å². The Morgan fingerprint density at radius 3 is 2.62 bits per heavy atom. The molecule has 0 saturated carbocycles. The van der Waals surface area contributed by atoms with Crippen molar-refractivity contribution in [2.24, 2.45) is 0 Å². The van der Waals surface area contributed by atoms with Gasteiger partial charge < -0.3 is 5.73 Å². The monoisotopic (exact) mass is 286 g/mol. The first-order valence-electron chi connectivity index (χ1n) is 6.75. The third-order valence-corrected chi connectivity index (χ3v) is 2.98. The molecule has 7 nitrogen and oxygen atoms in total. The van der Waals surface area contributed by atoms with E-state index in [9.17, 15) is 4.79 Å². The lowest BCUT2D eigenvalue weighted by Crippen LogP contribution is -2.16. The molecule has 0 bridgehead atoms. The van der Waals surface area contributed by atoms with Gasteiger partial charge >= 0.3 is 0 Å². The van der Waals surface area contributed by atoms with Crippen LogP contribution in [0.5, 0.6) is 0 Å². The topological polar surface area (TPSA) is 107 Å². The van der Waals surface area contributed by atoms with Crippen molar-refractivity contribution in [2.75, 3.05) is 11.1 Å². The Morgan fingerprint density at radius 2 is 1.95 bits per heavy atom. The second-order valence-corrected chi connectivity index (χ2v) is 4.78. The summed E-state index contributed by atoms with van der Waals surface area (Å²) in [5, 5.41) is 10.4. The molecule has 2 aromatic rings. The maximum atomic E-state index is 12.2. The lowest BCUT2D eigenvalue weighted by molar-refractivity contribution is 0.102. The minimum atomic E-state index is -0.327. The second-order valence-electron chi connectivity index (χ2n) is 4.78. The zero-order chi connectivity index (χ0) is 15.4. The van der Waals surface area contributed by atoms with Crippen molar-refractivity contribution in [2.45, 2.75) is 33.6 Å². The maximum Gasteiger partial charge on any atom is 0.258 e. The van der Waals surface area contributed by atoms with E-state index in [2.05, 4.69) is 25.5 Å². The fourth-order valence-electron chi connectivity index (χ4n) is 1.81. The van der Waals surface area contributed by atoms with E-state index in [4.69, 9.17) is 5.73 Å².